The molecule has 1 fully saturated rings. The van der Waals surface area contributed by atoms with Gasteiger partial charge in [0.25, 0.3) is 0 Å². The summed E-state index contributed by atoms with van der Waals surface area (Å²) in [4.78, 5) is 8.74. The van der Waals surface area contributed by atoms with Gasteiger partial charge in [0.2, 0.25) is 9.84 Å². The van der Waals surface area contributed by atoms with Gasteiger partial charge in [-0.2, -0.15) is 0 Å². The molecule has 3 heterocycles. The highest BCUT2D eigenvalue weighted by Crippen LogP contribution is 2.35. The molecule has 2 aromatic rings. The van der Waals surface area contributed by atoms with Crippen LogP contribution in [-0.4, -0.2) is 44.0 Å². The van der Waals surface area contributed by atoms with Gasteiger partial charge in [-0.15, -0.1) is 12.4 Å². The van der Waals surface area contributed by atoms with Crippen molar-refractivity contribution < 1.29 is 17.9 Å². The molecule has 26 heavy (non-hydrogen) atoms. The van der Waals surface area contributed by atoms with Crippen molar-refractivity contribution in [2.75, 3.05) is 25.6 Å². The van der Waals surface area contributed by atoms with Gasteiger partial charge < -0.3 is 14.8 Å². The Balaban J connectivity index is 0.00000196. The molecule has 0 bridgehead atoms. The Morgan fingerprint density at radius 3 is 2.62 bits per heavy atom. The fraction of sp³-hybridized carbons (Fsp3) is 0.412. The summed E-state index contributed by atoms with van der Waals surface area (Å²) in [5.74, 6) is 0.621. The quantitative estimate of drug-likeness (QED) is 0.844. The van der Waals surface area contributed by atoms with E-state index in [4.69, 9.17) is 9.47 Å². The molecule has 140 valence electrons. The van der Waals surface area contributed by atoms with E-state index in [-0.39, 0.29) is 23.2 Å². The van der Waals surface area contributed by atoms with Crippen LogP contribution in [0.5, 0.6) is 11.8 Å². The minimum absolute atomic E-state index is 0. The number of hydrogen-bond acceptors (Lipinski definition) is 7. The SMILES string of the molecule is Cl.O=S1(=O)COc2cc(-c3cnc(OCC4CCNCC4)nc3)ccc21. The van der Waals surface area contributed by atoms with Gasteiger partial charge in [-0.3, -0.25) is 0 Å². The maximum absolute atomic E-state index is 11.8. The molecule has 1 saturated heterocycles. The summed E-state index contributed by atoms with van der Waals surface area (Å²) < 4.78 is 34.5. The van der Waals surface area contributed by atoms with Crippen LogP contribution in [0, 0.1) is 5.92 Å². The highest BCUT2D eigenvalue weighted by Gasteiger charge is 2.28. The summed E-state index contributed by atoms with van der Waals surface area (Å²) in [5, 5.41) is 3.33. The fourth-order valence-corrected chi connectivity index (χ4v) is 4.15. The summed E-state index contributed by atoms with van der Waals surface area (Å²) in [6, 6.07) is 5.37. The molecule has 2 aliphatic rings. The van der Waals surface area contributed by atoms with Crippen molar-refractivity contribution in [3.05, 3.63) is 30.6 Å². The molecule has 0 amide bonds. The fourth-order valence-electron chi connectivity index (χ4n) is 3.04. The summed E-state index contributed by atoms with van der Waals surface area (Å²) in [5.41, 5.74) is 1.59. The molecule has 9 heteroatoms. The van der Waals surface area contributed by atoms with E-state index in [0.717, 1.165) is 37.1 Å². The average Bonchev–Trinajstić information content (AvgIpc) is 2.96. The van der Waals surface area contributed by atoms with Crippen LogP contribution in [0.4, 0.5) is 0 Å². The minimum atomic E-state index is -3.31. The van der Waals surface area contributed by atoms with Gasteiger partial charge >= 0.3 is 6.01 Å². The van der Waals surface area contributed by atoms with Crippen molar-refractivity contribution in [3.63, 3.8) is 0 Å². The summed E-state index contributed by atoms with van der Waals surface area (Å²) in [6.45, 7) is 2.69. The van der Waals surface area contributed by atoms with Crippen molar-refractivity contribution in [2.24, 2.45) is 5.92 Å². The number of aromatic nitrogens is 2. The molecule has 4 rings (SSSR count). The van der Waals surface area contributed by atoms with Crippen LogP contribution >= 0.6 is 12.4 Å². The number of fused-ring (bicyclic) bond motifs is 1. The molecule has 1 aromatic carbocycles. The first-order valence-corrected chi connectivity index (χ1v) is 9.92. The lowest BCUT2D eigenvalue weighted by atomic mass is 9.99. The van der Waals surface area contributed by atoms with Crippen LogP contribution in [-0.2, 0) is 9.84 Å². The number of ether oxygens (including phenoxy) is 2. The zero-order chi connectivity index (χ0) is 17.3. The van der Waals surface area contributed by atoms with Crippen LogP contribution in [0.25, 0.3) is 11.1 Å². The van der Waals surface area contributed by atoms with Gasteiger partial charge in [-0.05, 0) is 49.5 Å². The molecule has 0 atom stereocenters. The Kier molecular flexibility index (Phi) is 5.64. The minimum Gasteiger partial charge on any atom is -0.476 e. The molecule has 0 aliphatic carbocycles. The monoisotopic (exact) mass is 397 g/mol. The van der Waals surface area contributed by atoms with E-state index in [2.05, 4.69) is 15.3 Å². The summed E-state index contributed by atoms with van der Waals surface area (Å²) in [6.07, 6.45) is 5.57. The lowest BCUT2D eigenvalue weighted by molar-refractivity contribution is 0.202. The van der Waals surface area contributed by atoms with Gasteiger partial charge in [0.1, 0.15) is 10.6 Å². The number of sulfone groups is 1. The number of nitrogens with zero attached hydrogens (tertiary/aromatic N) is 2. The third-order valence-electron chi connectivity index (χ3n) is 4.52. The molecule has 0 spiro atoms. The van der Waals surface area contributed by atoms with Gasteiger partial charge in [0.15, 0.2) is 5.94 Å². The Labute approximate surface area is 158 Å². The topological polar surface area (TPSA) is 90.4 Å². The maximum Gasteiger partial charge on any atom is 0.316 e. The Morgan fingerprint density at radius 1 is 1.15 bits per heavy atom. The lowest BCUT2D eigenvalue weighted by Gasteiger charge is -2.21. The van der Waals surface area contributed by atoms with Crippen molar-refractivity contribution >= 4 is 22.2 Å². The Hall–Kier alpha value is -1.90. The Bertz CT molecular complexity index is 868. The van der Waals surface area contributed by atoms with Crippen LogP contribution in [0.15, 0.2) is 35.5 Å². The predicted octanol–water partition coefficient (Wildman–Crippen LogP) is 2.07. The number of nitrogens with one attached hydrogen (secondary N) is 1. The molecule has 0 unspecified atom stereocenters. The third-order valence-corrected chi connectivity index (χ3v) is 5.95. The molecule has 2 aliphatic heterocycles. The molecule has 1 aromatic heterocycles. The number of hydrogen-bond donors (Lipinski definition) is 1. The summed E-state index contributed by atoms with van der Waals surface area (Å²) in [7, 11) is -3.31. The molecular weight excluding hydrogens is 378 g/mol. The van der Waals surface area contributed by atoms with E-state index in [1.54, 1.807) is 30.6 Å². The van der Waals surface area contributed by atoms with Gasteiger partial charge in [-0.1, -0.05) is 6.07 Å². The van der Waals surface area contributed by atoms with E-state index in [0.29, 0.717) is 24.3 Å². The Morgan fingerprint density at radius 2 is 1.88 bits per heavy atom. The van der Waals surface area contributed by atoms with Crippen molar-refractivity contribution in [2.45, 2.75) is 17.7 Å². The number of piperidine rings is 1. The smallest absolute Gasteiger partial charge is 0.316 e. The second-order valence-electron chi connectivity index (χ2n) is 6.30. The van der Waals surface area contributed by atoms with E-state index in [1.807, 2.05) is 0 Å². The van der Waals surface area contributed by atoms with Crippen LogP contribution in [0.3, 0.4) is 0 Å². The lowest BCUT2D eigenvalue weighted by Crippen LogP contribution is -2.30. The number of halogens is 1. The standard InChI is InChI=1S/C17H19N3O4S.ClH/c21-25(22)11-24-15-7-13(1-2-16(15)25)14-8-19-17(20-9-14)23-10-12-3-5-18-6-4-12;/h1-2,7-9,12,18H,3-6,10-11H2;1H. The molecule has 0 radical (unpaired) electrons. The first kappa shape index (κ1) is 18.9. The van der Waals surface area contributed by atoms with Crippen molar-refractivity contribution in [1.82, 2.24) is 15.3 Å². The first-order valence-electron chi connectivity index (χ1n) is 8.27. The van der Waals surface area contributed by atoms with E-state index >= 15 is 0 Å². The van der Waals surface area contributed by atoms with Gasteiger partial charge in [-0.25, -0.2) is 18.4 Å². The second kappa shape index (κ2) is 7.77. The number of benzene rings is 1. The number of rotatable bonds is 4. The highest BCUT2D eigenvalue weighted by atomic mass is 35.5. The highest BCUT2D eigenvalue weighted by molar-refractivity contribution is 7.91. The van der Waals surface area contributed by atoms with Crippen molar-refractivity contribution in [3.8, 4) is 22.9 Å². The first-order chi connectivity index (χ1) is 12.1. The van der Waals surface area contributed by atoms with E-state index in [9.17, 15) is 8.42 Å². The normalized spacial score (nSPS) is 18.5. The third kappa shape index (κ3) is 3.92. The largest absolute Gasteiger partial charge is 0.476 e. The van der Waals surface area contributed by atoms with Gasteiger partial charge in [0, 0.05) is 18.0 Å². The van der Waals surface area contributed by atoms with Crippen molar-refractivity contribution in [1.29, 1.82) is 0 Å². The second-order valence-corrected chi connectivity index (χ2v) is 8.20. The zero-order valence-corrected chi connectivity index (χ0v) is 15.7. The van der Waals surface area contributed by atoms with E-state index < -0.39 is 9.84 Å². The van der Waals surface area contributed by atoms with Crippen LogP contribution in [0.2, 0.25) is 0 Å². The maximum atomic E-state index is 11.8. The molecule has 7 nitrogen and oxygen atoms in total. The zero-order valence-electron chi connectivity index (χ0n) is 14.1. The molecular formula is C17H20ClN3O4S. The van der Waals surface area contributed by atoms with Gasteiger partial charge in [0.05, 0.1) is 6.61 Å². The van der Waals surface area contributed by atoms with E-state index in [1.165, 1.54) is 0 Å². The van der Waals surface area contributed by atoms with Crippen LogP contribution < -0.4 is 14.8 Å². The van der Waals surface area contributed by atoms with Crippen LogP contribution in [0.1, 0.15) is 12.8 Å². The summed E-state index contributed by atoms with van der Waals surface area (Å²) >= 11 is 0. The molecule has 1 N–H and O–H groups in total. The predicted molar refractivity (Wildman–Crippen MR) is 98.5 cm³/mol. The molecule has 0 saturated carbocycles. The average molecular weight is 398 g/mol.